The number of aromatic nitrogens is 2. The van der Waals surface area contributed by atoms with E-state index in [2.05, 4.69) is 73.2 Å². The van der Waals surface area contributed by atoms with Crippen molar-refractivity contribution in [2.24, 2.45) is 11.8 Å². The highest BCUT2D eigenvalue weighted by Crippen LogP contribution is 2.41. The van der Waals surface area contributed by atoms with E-state index in [1.165, 1.54) is 66.5 Å². The van der Waals surface area contributed by atoms with E-state index in [9.17, 15) is 0 Å². The monoisotopic (exact) mass is 602 g/mol. The summed E-state index contributed by atoms with van der Waals surface area (Å²) in [5, 5.41) is 22.9. The van der Waals surface area contributed by atoms with Crippen molar-refractivity contribution in [1.82, 2.24) is 15.3 Å². The summed E-state index contributed by atoms with van der Waals surface area (Å²) < 4.78 is 0. The summed E-state index contributed by atoms with van der Waals surface area (Å²) in [6.07, 6.45) is 9.61. The van der Waals surface area contributed by atoms with Crippen LogP contribution in [0.3, 0.4) is 0 Å². The molecule has 3 N–H and O–H groups in total. The largest absolute Gasteiger partial charge is 0.508 e. The van der Waals surface area contributed by atoms with Crippen LogP contribution in [0, 0.1) is 25.7 Å². The molecule has 0 spiro atoms. The molecule has 0 amide bonds. The number of hydrogen-bond donors (Lipinski definition) is 3. The van der Waals surface area contributed by atoms with Crippen LogP contribution in [0.5, 0.6) is 5.75 Å². The highest BCUT2D eigenvalue weighted by molar-refractivity contribution is 7.22. The number of nitrogens with one attached hydrogen (secondary N) is 1. The summed E-state index contributed by atoms with van der Waals surface area (Å²) in [7, 11) is 0. The van der Waals surface area contributed by atoms with Crippen molar-refractivity contribution in [3.63, 3.8) is 0 Å². The van der Waals surface area contributed by atoms with E-state index in [1.807, 2.05) is 6.92 Å². The first-order valence-corrected chi connectivity index (χ1v) is 16.9. The van der Waals surface area contributed by atoms with Gasteiger partial charge in [0, 0.05) is 29.6 Å². The zero-order valence-electron chi connectivity index (χ0n) is 26.6. The van der Waals surface area contributed by atoms with E-state index in [1.54, 1.807) is 35.9 Å². The molecule has 1 unspecified atom stereocenters. The molecule has 4 aromatic rings. The second-order valence-corrected chi connectivity index (χ2v) is 13.0. The summed E-state index contributed by atoms with van der Waals surface area (Å²) in [4.78, 5) is 14.3. The highest BCUT2D eigenvalue weighted by Gasteiger charge is 2.31. The Bertz CT molecular complexity index is 1410. The fraction of sp³-hybridized carbons (Fsp3) is 0.500. The van der Waals surface area contributed by atoms with Gasteiger partial charge in [0.2, 0.25) is 0 Å². The van der Waals surface area contributed by atoms with Crippen molar-refractivity contribution in [3.8, 4) is 16.2 Å². The van der Waals surface area contributed by atoms with E-state index in [-0.39, 0.29) is 12.4 Å². The average Bonchev–Trinajstić information content (AvgIpc) is 3.82. The number of anilines is 1. The van der Waals surface area contributed by atoms with Gasteiger partial charge in [0.15, 0.2) is 0 Å². The predicted octanol–water partition coefficient (Wildman–Crippen LogP) is 8.27. The van der Waals surface area contributed by atoms with Gasteiger partial charge in [-0.15, -0.1) is 11.3 Å². The quantitative estimate of drug-likeness (QED) is 0.188. The number of aliphatic hydroxyl groups excluding tert-OH is 1. The third-order valence-electron chi connectivity index (χ3n) is 8.42. The number of benzene rings is 2. The van der Waals surface area contributed by atoms with E-state index in [4.69, 9.17) is 15.2 Å². The Morgan fingerprint density at radius 2 is 1.67 bits per heavy atom. The first-order valence-electron chi connectivity index (χ1n) is 16.1. The number of phenols is 1. The lowest BCUT2D eigenvalue weighted by Crippen LogP contribution is -2.44. The Balaban J connectivity index is 0.000000273. The number of aromatic hydroxyl groups is 1. The molecule has 232 valence electrons. The number of aliphatic hydroxyl groups is 1. The zero-order chi connectivity index (χ0) is 30.8. The van der Waals surface area contributed by atoms with Gasteiger partial charge in [-0.3, -0.25) is 0 Å². The number of hydrogen-bond acceptors (Lipinski definition) is 7. The van der Waals surface area contributed by atoms with Crippen LogP contribution in [0.2, 0.25) is 0 Å². The van der Waals surface area contributed by atoms with Crippen LogP contribution < -0.4 is 10.2 Å². The molecule has 43 heavy (non-hydrogen) atoms. The second-order valence-electron chi connectivity index (χ2n) is 12.0. The molecular formula is C36H50N4O2S. The Hall–Kier alpha value is -3.00. The molecule has 2 aromatic heterocycles. The molecule has 1 saturated carbocycles. The highest BCUT2D eigenvalue weighted by atomic mass is 32.1. The van der Waals surface area contributed by atoms with Crippen LogP contribution in [0.15, 0.2) is 54.9 Å². The predicted molar refractivity (Wildman–Crippen MR) is 182 cm³/mol. The van der Waals surface area contributed by atoms with Crippen LogP contribution in [0.1, 0.15) is 76.0 Å². The molecule has 1 atom stereocenters. The van der Waals surface area contributed by atoms with Crippen molar-refractivity contribution >= 4 is 27.4 Å². The molecule has 6 rings (SSSR count). The standard InChI is InChI=1S/C25H32N4S.C8H10O2.C3H8/c1-3-18(19-9-10-19)15-26-21-11-13-29(14-12-21)24-22-17(2)23(20-7-5-4-6-8-20)30-25(22)28-16-27-24;1-6-2-3-8(10)7(4-6)5-9;1-3-2/h4-8,16,18-19,21,26H,3,9-15H2,1-2H3;2-4,9-10H,5H2,1H3;3H2,1-2H3. The molecule has 1 aliphatic carbocycles. The minimum Gasteiger partial charge on any atom is -0.508 e. The molecule has 1 aliphatic heterocycles. The number of fused-ring (bicyclic) bond motifs is 1. The maximum absolute atomic E-state index is 9.07. The molecular weight excluding hydrogens is 552 g/mol. The Morgan fingerprint density at radius 1 is 0.977 bits per heavy atom. The van der Waals surface area contributed by atoms with Gasteiger partial charge in [0.25, 0.3) is 0 Å². The van der Waals surface area contributed by atoms with Crippen LogP contribution in [-0.2, 0) is 6.61 Å². The van der Waals surface area contributed by atoms with Gasteiger partial charge in [0.1, 0.15) is 22.7 Å². The summed E-state index contributed by atoms with van der Waals surface area (Å²) in [5.41, 5.74) is 4.21. The summed E-state index contributed by atoms with van der Waals surface area (Å²) in [6.45, 7) is 14.0. The lowest BCUT2D eigenvalue weighted by molar-refractivity contribution is 0.275. The lowest BCUT2D eigenvalue weighted by Gasteiger charge is -2.34. The molecule has 2 fully saturated rings. The van der Waals surface area contributed by atoms with E-state index < -0.39 is 0 Å². The lowest BCUT2D eigenvalue weighted by atomic mass is 9.98. The van der Waals surface area contributed by atoms with Gasteiger partial charge in [-0.05, 0) is 75.1 Å². The zero-order valence-corrected chi connectivity index (χ0v) is 27.5. The van der Waals surface area contributed by atoms with Crippen molar-refractivity contribution in [3.05, 3.63) is 71.5 Å². The molecule has 2 aromatic carbocycles. The summed E-state index contributed by atoms with van der Waals surface area (Å²) in [5.74, 6) is 3.17. The van der Waals surface area contributed by atoms with Gasteiger partial charge in [-0.25, -0.2) is 9.97 Å². The normalized spacial score (nSPS) is 15.8. The van der Waals surface area contributed by atoms with Gasteiger partial charge in [-0.2, -0.15) is 0 Å². The molecule has 2 aliphatic rings. The number of thiophene rings is 1. The number of rotatable bonds is 8. The molecule has 6 nitrogen and oxygen atoms in total. The smallest absolute Gasteiger partial charge is 0.141 e. The van der Waals surface area contributed by atoms with E-state index in [0.717, 1.165) is 41.1 Å². The number of nitrogens with zero attached hydrogens (tertiary/aromatic N) is 3. The number of aryl methyl sites for hydroxylation is 2. The molecule has 7 heteroatoms. The van der Waals surface area contributed by atoms with Crippen molar-refractivity contribution in [2.75, 3.05) is 24.5 Å². The summed E-state index contributed by atoms with van der Waals surface area (Å²) >= 11 is 1.79. The van der Waals surface area contributed by atoms with Crippen molar-refractivity contribution < 1.29 is 10.2 Å². The average molecular weight is 603 g/mol. The third kappa shape index (κ3) is 8.78. The van der Waals surface area contributed by atoms with Crippen LogP contribution >= 0.6 is 11.3 Å². The Kier molecular flexibility index (Phi) is 12.4. The van der Waals surface area contributed by atoms with Gasteiger partial charge >= 0.3 is 0 Å². The fourth-order valence-corrected chi connectivity index (χ4v) is 6.97. The van der Waals surface area contributed by atoms with E-state index >= 15 is 0 Å². The third-order valence-corrected chi connectivity index (χ3v) is 9.67. The SMILES string of the molecule is CCC.CCC(CNC1CCN(c2ncnc3sc(-c4ccccc4)c(C)c23)CC1)C1CC1.Cc1ccc(O)c(CO)c1. The maximum Gasteiger partial charge on any atom is 0.141 e. The molecule has 1 saturated heterocycles. The Labute approximate surface area is 262 Å². The molecule has 0 bridgehead atoms. The minimum atomic E-state index is -0.104. The topological polar surface area (TPSA) is 81.5 Å². The van der Waals surface area contributed by atoms with Crippen LogP contribution in [0.25, 0.3) is 20.7 Å². The van der Waals surface area contributed by atoms with Crippen LogP contribution in [0.4, 0.5) is 5.82 Å². The summed E-state index contributed by atoms with van der Waals surface area (Å²) in [6, 6.07) is 16.5. The first kappa shape index (κ1) is 32.9. The van der Waals surface area contributed by atoms with Gasteiger partial charge < -0.3 is 20.4 Å². The fourth-order valence-electron chi connectivity index (χ4n) is 5.82. The molecule has 0 radical (unpaired) electrons. The van der Waals surface area contributed by atoms with Gasteiger partial charge in [0.05, 0.1) is 12.0 Å². The second kappa shape index (κ2) is 16.2. The van der Waals surface area contributed by atoms with Crippen molar-refractivity contribution in [1.29, 1.82) is 0 Å². The Morgan fingerprint density at radius 3 is 2.28 bits per heavy atom. The van der Waals surface area contributed by atoms with E-state index in [0.29, 0.717) is 11.6 Å². The van der Waals surface area contributed by atoms with Crippen LogP contribution in [-0.4, -0.2) is 45.9 Å². The molecule has 3 heterocycles. The first-order chi connectivity index (χ1) is 20.9. The minimum absolute atomic E-state index is 0.104. The van der Waals surface area contributed by atoms with Crippen molar-refractivity contribution in [2.45, 2.75) is 85.8 Å². The van der Waals surface area contributed by atoms with Gasteiger partial charge in [-0.1, -0.05) is 81.6 Å². The maximum atomic E-state index is 9.07. The number of piperidine rings is 1.